The van der Waals surface area contributed by atoms with Crippen LogP contribution in [0.4, 0.5) is 4.39 Å². The minimum Gasteiger partial charge on any atom is -0.497 e. The molecule has 0 radical (unpaired) electrons. The molecular weight excluding hydrogens is 269 g/mol. The molecule has 0 saturated heterocycles. The first-order chi connectivity index (χ1) is 10.1. The quantitative estimate of drug-likeness (QED) is 0.879. The highest BCUT2D eigenvalue weighted by molar-refractivity contribution is 5.40. The van der Waals surface area contributed by atoms with Gasteiger partial charge in [-0.1, -0.05) is 18.2 Å². The van der Waals surface area contributed by atoms with Gasteiger partial charge in [-0.3, -0.25) is 0 Å². The van der Waals surface area contributed by atoms with Crippen molar-refractivity contribution in [2.24, 2.45) is 0 Å². The molecule has 21 heavy (non-hydrogen) atoms. The first kappa shape index (κ1) is 15.3. The minimum atomic E-state index is -0.219. The van der Waals surface area contributed by atoms with E-state index < -0.39 is 0 Å². The molecule has 0 fully saturated rings. The van der Waals surface area contributed by atoms with E-state index in [0.29, 0.717) is 6.54 Å². The Bertz CT molecular complexity index is 601. The lowest BCUT2D eigenvalue weighted by Crippen LogP contribution is -2.18. The second kappa shape index (κ2) is 7.09. The third kappa shape index (κ3) is 3.95. The molecule has 1 N–H and O–H groups in total. The van der Waals surface area contributed by atoms with Crippen LogP contribution in [0.25, 0.3) is 0 Å². The summed E-state index contributed by atoms with van der Waals surface area (Å²) in [5, 5.41) is 3.37. The van der Waals surface area contributed by atoms with Gasteiger partial charge in [-0.05, 0) is 30.7 Å². The summed E-state index contributed by atoms with van der Waals surface area (Å²) in [6, 6.07) is 12.4. The van der Waals surface area contributed by atoms with E-state index in [9.17, 15) is 4.39 Å². The molecule has 0 amide bonds. The van der Waals surface area contributed by atoms with Crippen molar-refractivity contribution < 1.29 is 13.9 Å². The second-order valence-corrected chi connectivity index (χ2v) is 4.84. The zero-order chi connectivity index (χ0) is 15.2. The average Bonchev–Trinajstić information content (AvgIpc) is 2.52. The van der Waals surface area contributed by atoms with Crippen molar-refractivity contribution in [1.29, 1.82) is 0 Å². The first-order valence-corrected chi connectivity index (χ1v) is 6.83. The van der Waals surface area contributed by atoms with E-state index in [-0.39, 0.29) is 11.9 Å². The Morgan fingerprint density at radius 3 is 2.57 bits per heavy atom. The Balaban J connectivity index is 2.05. The number of nitrogens with one attached hydrogen (secondary N) is 1. The molecular formula is C17H20FNO2. The SMILES string of the molecule is COc1ccc(CN[C@H](C)c2cccc(F)c2)c(OC)c1. The number of ether oxygens (including phenoxy) is 2. The van der Waals surface area contributed by atoms with Gasteiger partial charge in [0.25, 0.3) is 0 Å². The van der Waals surface area contributed by atoms with E-state index in [1.54, 1.807) is 26.4 Å². The molecule has 2 aromatic rings. The van der Waals surface area contributed by atoms with Crippen LogP contribution in [0.5, 0.6) is 11.5 Å². The first-order valence-electron chi connectivity index (χ1n) is 6.83. The Hall–Kier alpha value is -2.07. The molecule has 0 saturated carbocycles. The molecule has 112 valence electrons. The van der Waals surface area contributed by atoms with Crippen LogP contribution in [-0.4, -0.2) is 14.2 Å². The zero-order valence-electron chi connectivity index (χ0n) is 12.5. The van der Waals surface area contributed by atoms with Gasteiger partial charge in [0.1, 0.15) is 17.3 Å². The summed E-state index contributed by atoms with van der Waals surface area (Å²) in [5.74, 6) is 1.31. The minimum absolute atomic E-state index is 0.0486. The van der Waals surface area contributed by atoms with Gasteiger partial charge < -0.3 is 14.8 Å². The summed E-state index contributed by atoms with van der Waals surface area (Å²) in [7, 11) is 3.26. The summed E-state index contributed by atoms with van der Waals surface area (Å²) in [6.07, 6.45) is 0. The van der Waals surface area contributed by atoms with E-state index in [1.165, 1.54) is 6.07 Å². The molecule has 1 atom stereocenters. The number of halogens is 1. The van der Waals surface area contributed by atoms with Gasteiger partial charge in [0.05, 0.1) is 14.2 Å². The molecule has 0 bridgehead atoms. The summed E-state index contributed by atoms with van der Waals surface area (Å²) in [5.41, 5.74) is 1.95. The highest BCUT2D eigenvalue weighted by Gasteiger charge is 2.09. The van der Waals surface area contributed by atoms with Gasteiger partial charge in [-0.25, -0.2) is 4.39 Å². The molecule has 0 aliphatic rings. The van der Waals surface area contributed by atoms with E-state index in [0.717, 1.165) is 22.6 Å². The van der Waals surface area contributed by atoms with Crippen LogP contribution in [0.2, 0.25) is 0 Å². The lowest BCUT2D eigenvalue weighted by atomic mass is 10.1. The fourth-order valence-corrected chi connectivity index (χ4v) is 2.15. The third-order valence-electron chi connectivity index (χ3n) is 3.44. The lowest BCUT2D eigenvalue weighted by molar-refractivity contribution is 0.389. The molecule has 0 spiro atoms. The van der Waals surface area contributed by atoms with E-state index >= 15 is 0 Å². The predicted molar refractivity (Wildman–Crippen MR) is 81.2 cm³/mol. The predicted octanol–water partition coefficient (Wildman–Crippen LogP) is 3.69. The number of hydrogen-bond donors (Lipinski definition) is 1. The molecule has 0 aliphatic carbocycles. The highest BCUT2D eigenvalue weighted by atomic mass is 19.1. The van der Waals surface area contributed by atoms with Crippen LogP contribution in [0.15, 0.2) is 42.5 Å². The van der Waals surface area contributed by atoms with Crippen LogP contribution in [-0.2, 0) is 6.54 Å². The second-order valence-electron chi connectivity index (χ2n) is 4.84. The molecule has 2 rings (SSSR count). The molecule has 0 heterocycles. The Morgan fingerprint density at radius 2 is 1.90 bits per heavy atom. The van der Waals surface area contributed by atoms with Gasteiger partial charge in [0.2, 0.25) is 0 Å². The monoisotopic (exact) mass is 289 g/mol. The maximum Gasteiger partial charge on any atom is 0.127 e. The topological polar surface area (TPSA) is 30.5 Å². The van der Waals surface area contributed by atoms with E-state index in [1.807, 2.05) is 31.2 Å². The smallest absolute Gasteiger partial charge is 0.127 e. The van der Waals surface area contributed by atoms with Gasteiger partial charge >= 0.3 is 0 Å². The van der Waals surface area contributed by atoms with Gasteiger partial charge in [0, 0.05) is 24.2 Å². The van der Waals surface area contributed by atoms with Crippen LogP contribution in [0.1, 0.15) is 24.1 Å². The summed E-state index contributed by atoms with van der Waals surface area (Å²) in [6.45, 7) is 2.63. The normalized spacial score (nSPS) is 12.0. The van der Waals surface area contributed by atoms with Crippen molar-refractivity contribution in [2.45, 2.75) is 19.5 Å². The number of hydrogen-bond acceptors (Lipinski definition) is 3. The largest absolute Gasteiger partial charge is 0.497 e. The molecule has 0 unspecified atom stereocenters. The Kier molecular flexibility index (Phi) is 5.17. The lowest BCUT2D eigenvalue weighted by Gasteiger charge is -2.16. The molecule has 0 aliphatic heterocycles. The van der Waals surface area contributed by atoms with Crippen molar-refractivity contribution >= 4 is 0 Å². The van der Waals surface area contributed by atoms with Gasteiger partial charge in [-0.15, -0.1) is 0 Å². The number of benzene rings is 2. The maximum absolute atomic E-state index is 13.2. The molecule has 0 aromatic heterocycles. The molecule has 2 aromatic carbocycles. The zero-order valence-corrected chi connectivity index (χ0v) is 12.5. The van der Waals surface area contributed by atoms with E-state index in [2.05, 4.69) is 5.32 Å². The summed E-state index contributed by atoms with van der Waals surface area (Å²) < 4.78 is 23.8. The van der Waals surface area contributed by atoms with Crippen LogP contribution < -0.4 is 14.8 Å². The van der Waals surface area contributed by atoms with Crippen molar-refractivity contribution in [1.82, 2.24) is 5.32 Å². The Morgan fingerprint density at radius 1 is 1.10 bits per heavy atom. The van der Waals surface area contributed by atoms with Crippen LogP contribution in [0.3, 0.4) is 0 Å². The fraction of sp³-hybridized carbons (Fsp3) is 0.294. The van der Waals surface area contributed by atoms with Crippen LogP contribution in [0, 0.1) is 5.82 Å². The van der Waals surface area contributed by atoms with Crippen molar-refractivity contribution in [3.63, 3.8) is 0 Å². The Labute approximate surface area is 124 Å². The number of methoxy groups -OCH3 is 2. The molecule has 3 nitrogen and oxygen atoms in total. The number of rotatable bonds is 6. The van der Waals surface area contributed by atoms with Crippen LogP contribution >= 0.6 is 0 Å². The van der Waals surface area contributed by atoms with E-state index in [4.69, 9.17) is 9.47 Å². The van der Waals surface area contributed by atoms with Gasteiger partial charge in [0.15, 0.2) is 0 Å². The van der Waals surface area contributed by atoms with Gasteiger partial charge in [-0.2, -0.15) is 0 Å². The standard InChI is InChI=1S/C17H20FNO2/c1-12(13-5-4-6-15(18)9-13)19-11-14-7-8-16(20-2)10-17(14)21-3/h4-10,12,19H,11H2,1-3H3/t12-/m1/s1. The van der Waals surface area contributed by atoms with Crippen molar-refractivity contribution in [3.8, 4) is 11.5 Å². The highest BCUT2D eigenvalue weighted by Crippen LogP contribution is 2.25. The summed E-state index contributed by atoms with van der Waals surface area (Å²) in [4.78, 5) is 0. The fourth-order valence-electron chi connectivity index (χ4n) is 2.15. The van der Waals surface area contributed by atoms with Crippen molar-refractivity contribution in [3.05, 3.63) is 59.4 Å². The molecule has 4 heteroatoms. The van der Waals surface area contributed by atoms with Crippen molar-refractivity contribution in [2.75, 3.05) is 14.2 Å². The average molecular weight is 289 g/mol. The maximum atomic E-state index is 13.2. The third-order valence-corrected chi connectivity index (χ3v) is 3.44. The summed E-state index contributed by atoms with van der Waals surface area (Å²) >= 11 is 0.